The second-order valence-corrected chi connectivity index (χ2v) is 5.54. The van der Waals surface area contributed by atoms with Crippen LogP contribution in [0.5, 0.6) is 0 Å². The smallest absolute Gasteiger partial charge is 0.179 e. The largest absolute Gasteiger partial charge is 0.262 e. The van der Waals surface area contributed by atoms with Crippen molar-refractivity contribution in [3.63, 3.8) is 0 Å². The molecule has 0 N–H and O–H groups in total. The fraction of sp³-hybridized carbons (Fsp3) is 0.417. The average Bonchev–Trinajstić information content (AvgIpc) is 2.97. The molecule has 1 aliphatic rings. The van der Waals surface area contributed by atoms with E-state index < -0.39 is 0 Å². The number of rotatable bonds is 3. The summed E-state index contributed by atoms with van der Waals surface area (Å²) in [6.07, 6.45) is 2.81. The third kappa shape index (κ3) is 2.01. The van der Waals surface area contributed by atoms with Crippen molar-refractivity contribution in [1.82, 2.24) is 19.7 Å². The second kappa shape index (κ2) is 4.90. The molecule has 3 heterocycles. The highest BCUT2D eigenvalue weighted by Gasteiger charge is 2.20. The lowest BCUT2D eigenvalue weighted by atomic mass is 10.2. The minimum absolute atomic E-state index is 0.587. The van der Waals surface area contributed by atoms with Gasteiger partial charge in [0.2, 0.25) is 0 Å². The first-order chi connectivity index (χ1) is 8.79. The standard InChI is InChI=1S/C12H13ClN4S/c1-2-5-17-10(3-4-14-17)12-15-9-7-18-6-8(9)11(13)16-12/h3-4H,2,5-7H2,1H3. The minimum Gasteiger partial charge on any atom is -0.262 e. The van der Waals surface area contributed by atoms with Gasteiger partial charge in [0.1, 0.15) is 10.8 Å². The fourth-order valence-electron chi connectivity index (χ4n) is 2.04. The Morgan fingerprint density at radius 2 is 2.28 bits per heavy atom. The Bertz CT molecular complexity index is 581. The van der Waals surface area contributed by atoms with Gasteiger partial charge >= 0.3 is 0 Å². The van der Waals surface area contributed by atoms with Crippen LogP contribution in [0.3, 0.4) is 0 Å². The molecule has 0 amide bonds. The van der Waals surface area contributed by atoms with Crippen LogP contribution in [-0.4, -0.2) is 19.7 Å². The molecule has 4 nitrogen and oxygen atoms in total. The molecular weight excluding hydrogens is 268 g/mol. The first kappa shape index (κ1) is 12.0. The lowest BCUT2D eigenvalue weighted by molar-refractivity contribution is 0.606. The van der Waals surface area contributed by atoms with E-state index in [1.165, 1.54) is 0 Å². The van der Waals surface area contributed by atoms with E-state index >= 15 is 0 Å². The van der Waals surface area contributed by atoms with E-state index in [-0.39, 0.29) is 0 Å². The molecule has 3 rings (SSSR count). The number of fused-ring (bicyclic) bond motifs is 1. The maximum atomic E-state index is 6.23. The molecular formula is C12H13ClN4S. The summed E-state index contributed by atoms with van der Waals surface area (Å²) in [7, 11) is 0. The predicted molar refractivity (Wildman–Crippen MR) is 73.6 cm³/mol. The number of hydrogen-bond acceptors (Lipinski definition) is 4. The molecule has 0 spiro atoms. The molecule has 0 aliphatic carbocycles. The van der Waals surface area contributed by atoms with E-state index in [1.807, 2.05) is 22.5 Å². The van der Waals surface area contributed by atoms with Gasteiger partial charge in [-0.2, -0.15) is 16.9 Å². The number of hydrogen-bond donors (Lipinski definition) is 0. The van der Waals surface area contributed by atoms with E-state index in [0.717, 1.165) is 41.4 Å². The van der Waals surface area contributed by atoms with E-state index in [2.05, 4.69) is 22.0 Å². The second-order valence-electron chi connectivity index (χ2n) is 4.20. The minimum atomic E-state index is 0.587. The van der Waals surface area contributed by atoms with Gasteiger partial charge in [0, 0.05) is 29.8 Å². The Kier molecular flexibility index (Phi) is 3.26. The van der Waals surface area contributed by atoms with Gasteiger partial charge in [-0.15, -0.1) is 0 Å². The molecule has 1 aliphatic heterocycles. The monoisotopic (exact) mass is 280 g/mol. The van der Waals surface area contributed by atoms with E-state index in [9.17, 15) is 0 Å². The number of nitrogens with zero attached hydrogens (tertiary/aromatic N) is 4. The van der Waals surface area contributed by atoms with Gasteiger partial charge in [-0.3, -0.25) is 4.68 Å². The molecule has 2 aromatic heterocycles. The van der Waals surface area contributed by atoms with Gasteiger partial charge < -0.3 is 0 Å². The van der Waals surface area contributed by atoms with Crippen LogP contribution in [-0.2, 0) is 18.1 Å². The first-order valence-corrected chi connectivity index (χ1v) is 7.48. The Morgan fingerprint density at radius 3 is 3.11 bits per heavy atom. The Hall–Kier alpha value is -1.07. The summed E-state index contributed by atoms with van der Waals surface area (Å²) in [5.74, 6) is 2.53. The zero-order chi connectivity index (χ0) is 12.5. The van der Waals surface area contributed by atoms with Crippen molar-refractivity contribution < 1.29 is 0 Å². The molecule has 0 saturated heterocycles. The third-order valence-corrected chi connectivity index (χ3v) is 4.19. The van der Waals surface area contributed by atoms with E-state index in [1.54, 1.807) is 6.20 Å². The molecule has 0 atom stereocenters. The average molecular weight is 281 g/mol. The maximum absolute atomic E-state index is 6.23. The molecule has 0 bridgehead atoms. The van der Waals surface area contributed by atoms with Crippen molar-refractivity contribution in [3.8, 4) is 11.5 Å². The predicted octanol–water partition coefficient (Wildman–Crippen LogP) is 3.15. The molecule has 18 heavy (non-hydrogen) atoms. The van der Waals surface area contributed by atoms with Crippen LogP contribution in [0, 0.1) is 0 Å². The Labute approximate surface area is 115 Å². The molecule has 0 saturated carbocycles. The summed E-state index contributed by atoms with van der Waals surface area (Å²) >= 11 is 8.06. The Balaban J connectivity index is 2.06. The highest BCUT2D eigenvalue weighted by molar-refractivity contribution is 7.98. The molecule has 0 unspecified atom stereocenters. The third-order valence-electron chi connectivity index (χ3n) is 2.91. The van der Waals surface area contributed by atoms with Crippen molar-refractivity contribution in [2.75, 3.05) is 0 Å². The van der Waals surface area contributed by atoms with Crippen molar-refractivity contribution in [3.05, 3.63) is 28.7 Å². The van der Waals surface area contributed by atoms with Crippen molar-refractivity contribution >= 4 is 23.4 Å². The summed E-state index contributed by atoms with van der Waals surface area (Å²) in [6, 6.07) is 1.94. The first-order valence-electron chi connectivity index (χ1n) is 5.95. The van der Waals surface area contributed by atoms with Crippen LogP contribution in [0.25, 0.3) is 11.5 Å². The highest BCUT2D eigenvalue weighted by Crippen LogP contribution is 2.33. The van der Waals surface area contributed by atoms with Gasteiger partial charge in [0.05, 0.1) is 5.69 Å². The molecule has 94 valence electrons. The normalized spacial score (nSPS) is 13.9. The van der Waals surface area contributed by atoms with E-state index in [4.69, 9.17) is 11.6 Å². The molecule has 6 heteroatoms. The zero-order valence-electron chi connectivity index (χ0n) is 10.1. The van der Waals surface area contributed by atoms with Crippen LogP contribution in [0.1, 0.15) is 24.6 Å². The van der Waals surface area contributed by atoms with Crippen molar-refractivity contribution in [2.24, 2.45) is 0 Å². The van der Waals surface area contributed by atoms with Crippen molar-refractivity contribution in [1.29, 1.82) is 0 Å². The number of aryl methyl sites for hydroxylation is 1. The van der Waals surface area contributed by atoms with Crippen LogP contribution in [0.4, 0.5) is 0 Å². The molecule has 0 radical (unpaired) electrons. The maximum Gasteiger partial charge on any atom is 0.179 e. The lowest BCUT2D eigenvalue weighted by Crippen LogP contribution is -2.05. The van der Waals surface area contributed by atoms with Crippen LogP contribution < -0.4 is 0 Å². The number of aromatic nitrogens is 4. The van der Waals surface area contributed by atoms with Gasteiger partial charge in [0.25, 0.3) is 0 Å². The number of halogens is 1. The highest BCUT2D eigenvalue weighted by atomic mass is 35.5. The summed E-state index contributed by atoms with van der Waals surface area (Å²) < 4.78 is 1.93. The van der Waals surface area contributed by atoms with Gasteiger partial charge in [-0.05, 0) is 12.5 Å². The zero-order valence-corrected chi connectivity index (χ0v) is 11.6. The van der Waals surface area contributed by atoms with Gasteiger partial charge in [-0.25, -0.2) is 9.97 Å². The van der Waals surface area contributed by atoms with Crippen LogP contribution in [0.15, 0.2) is 12.3 Å². The fourth-order valence-corrected chi connectivity index (χ4v) is 3.42. The topological polar surface area (TPSA) is 43.6 Å². The lowest BCUT2D eigenvalue weighted by Gasteiger charge is -2.07. The summed E-state index contributed by atoms with van der Waals surface area (Å²) in [4.78, 5) is 9.03. The van der Waals surface area contributed by atoms with E-state index in [0.29, 0.717) is 11.0 Å². The number of thioether (sulfide) groups is 1. The van der Waals surface area contributed by atoms with Gasteiger partial charge in [-0.1, -0.05) is 18.5 Å². The summed E-state index contributed by atoms with van der Waals surface area (Å²) in [6.45, 7) is 2.99. The van der Waals surface area contributed by atoms with Crippen molar-refractivity contribution in [2.45, 2.75) is 31.4 Å². The molecule has 0 fully saturated rings. The quantitative estimate of drug-likeness (QED) is 0.810. The Morgan fingerprint density at radius 1 is 1.39 bits per heavy atom. The summed E-state index contributed by atoms with van der Waals surface area (Å²) in [5, 5.41) is 4.88. The van der Waals surface area contributed by atoms with Gasteiger partial charge in [0.15, 0.2) is 5.82 Å². The molecule has 0 aromatic carbocycles. The SMILES string of the molecule is CCCn1nccc1-c1nc(Cl)c2c(n1)CSC2. The summed E-state index contributed by atoms with van der Waals surface area (Å²) in [5.41, 5.74) is 3.10. The molecule has 2 aromatic rings. The van der Waals surface area contributed by atoms with Crippen LogP contribution in [0.2, 0.25) is 5.15 Å². The van der Waals surface area contributed by atoms with Crippen LogP contribution >= 0.6 is 23.4 Å².